The van der Waals surface area contributed by atoms with Crippen molar-refractivity contribution in [3.8, 4) is 0 Å². The fourth-order valence-electron chi connectivity index (χ4n) is 3.44. The van der Waals surface area contributed by atoms with Crippen LogP contribution in [0.3, 0.4) is 0 Å². The molecule has 1 amide bonds. The van der Waals surface area contributed by atoms with E-state index in [0.717, 1.165) is 36.5 Å². The summed E-state index contributed by atoms with van der Waals surface area (Å²) in [5, 5.41) is 2.17. The molecular formula is C20H26N2OS. The molecule has 2 aromatic rings. The van der Waals surface area contributed by atoms with Crippen molar-refractivity contribution in [1.29, 1.82) is 0 Å². The fraction of sp³-hybridized carbons (Fsp3) is 0.500. The number of rotatable bonds is 3. The second-order valence-electron chi connectivity index (χ2n) is 6.84. The molecule has 1 aliphatic rings. The number of carbonyl (C=O) groups excluding carboxylic acids is 1. The minimum absolute atomic E-state index is 0.252. The van der Waals surface area contributed by atoms with Crippen LogP contribution in [0.25, 0.3) is 10.9 Å². The van der Waals surface area contributed by atoms with Crippen LogP contribution in [0.5, 0.6) is 0 Å². The molecule has 0 saturated carbocycles. The predicted molar refractivity (Wildman–Crippen MR) is 102 cm³/mol. The standard InChI is InChI=1S/C20H26N2OS/c1-14-10-16(3)20-17(11-14)15(2)12-18(21-20)24-13-19(23)22-8-6-4-5-7-9-22/h10-12H,4-9,13H2,1-3H3. The fourth-order valence-corrected chi connectivity index (χ4v) is 4.31. The Kier molecular flexibility index (Phi) is 5.44. The van der Waals surface area contributed by atoms with E-state index in [1.807, 2.05) is 4.90 Å². The van der Waals surface area contributed by atoms with Crippen LogP contribution < -0.4 is 0 Å². The van der Waals surface area contributed by atoms with Crippen LogP contribution in [0.15, 0.2) is 23.2 Å². The van der Waals surface area contributed by atoms with Crippen molar-refractivity contribution in [2.24, 2.45) is 0 Å². The maximum Gasteiger partial charge on any atom is 0.232 e. The average molecular weight is 343 g/mol. The van der Waals surface area contributed by atoms with Crippen LogP contribution >= 0.6 is 11.8 Å². The lowest BCUT2D eigenvalue weighted by molar-refractivity contribution is -0.128. The topological polar surface area (TPSA) is 33.2 Å². The highest BCUT2D eigenvalue weighted by Gasteiger charge is 2.16. The Morgan fingerprint density at radius 3 is 2.46 bits per heavy atom. The molecule has 1 saturated heterocycles. The van der Waals surface area contributed by atoms with E-state index >= 15 is 0 Å². The molecule has 24 heavy (non-hydrogen) atoms. The van der Waals surface area contributed by atoms with Crippen molar-refractivity contribution in [2.75, 3.05) is 18.8 Å². The number of thioether (sulfide) groups is 1. The highest BCUT2D eigenvalue weighted by Crippen LogP contribution is 2.27. The number of nitrogens with zero attached hydrogens (tertiary/aromatic N) is 2. The third-order valence-corrected chi connectivity index (χ3v) is 5.63. The van der Waals surface area contributed by atoms with E-state index in [-0.39, 0.29) is 5.91 Å². The van der Waals surface area contributed by atoms with Gasteiger partial charge in [0, 0.05) is 18.5 Å². The number of aromatic nitrogens is 1. The summed E-state index contributed by atoms with van der Waals surface area (Å²) in [7, 11) is 0. The van der Waals surface area contributed by atoms with Crippen molar-refractivity contribution in [3.63, 3.8) is 0 Å². The lowest BCUT2D eigenvalue weighted by Crippen LogP contribution is -2.33. The van der Waals surface area contributed by atoms with Crippen LogP contribution in [0.2, 0.25) is 0 Å². The number of hydrogen-bond acceptors (Lipinski definition) is 3. The molecule has 1 aliphatic heterocycles. The zero-order chi connectivity index (χ0) is 17.1. The van der Waals surface area contributed by atoms with Gasteiger partial charge in [-0.3, -0.25) is 4.79 Å². The van der Waals surface area contributed by atoms with E-state index in [0.29, 0.717) is 5.75 Å². The van der Waals surface area contributed by atoms with E-state index in [2.05, 4.69) is 39.0 Å². The highest BCUT2D eigenvalue weighted by molar-refractivity contribution is 7.99. The van der Waals surface area contributed by atoms with Gasteiger partial charge in [0.1, 0.15) is 0 Å². The summed E-state index contributed by atoms with van der Waals surface area (Å²) in [5.41, 5.74) is 4.76. The van der Waals surface area contributed by atoms with Gasteiger partial charge in [0.05, 0.1) is 16.3 Å². The van der Waals surface area contributed by atoms with Crippen molar-refractivity contribution >= 4 is 28.6 Å². The number of amides is 1. The Hall–Kier alpha value is -1.55. The minimum Gasteiger partial charge on any atom is -0.342 e. The first kappa shape index (κ1) is 17.3. The van der Waals surface area contributed by atoms with E-state index in [1.54, 1.807) is 11.8 Å². The number of aryl methyl sites for hydroxylation is 3. The molecule has 0 bridgehead atoms. The van der Waals surface area contributed by atoms with Gasteiger partial charge in [-0.15, -0.1) is 0 Å². The van der Waals surface area contributed by atoms with Crippen LogP contribution in [0.1, 0.15) is 42.4 Å². The minimum atomic E-state index is 0.252. The molecular weight excluding hydrogens is 316 g/mol. The summed E-state index contributed by atoms with van der Waals surface area (Å²) in [5.74, 6) is 0.741. The first-order chi connectivity index (χ1) is 11.5. The molecule has 0 unspecified atom stereocenters. The molecule has 3 rings (SSSR count). The second kappa shape index (κ2) is 7.56. The monoisotopic (exact) mass is 342 g/mol. The quantitative estimate of drug-likeness (QED) is 0.761. The molecule has 0 atom stereocenters. The molecule has 2 heterocycles. The van der Waals surface area contributed by atoms with Crippen molar-refractivity contribution in [2.45, 2.75) is 51.5 Å². The molecule has 1 aromatic heterocycles. The third-order valence-electron chi connectivity index (χ3n) is 4.73. The smallest absolute Gasteiger partial charge is 0.232 e. The first-order valence-electron chi connectivity index (χ1n) is 8.84. The highest BCUT2D eigenvalue weighted by atomic mass is 32.2. The van der Waals surface area contributed by atoms with Gasteiger partial charge in [-0.25, -0.2) is 4.98 Å². The summed E-state index contributed by atoms with van der Waals surface area (Å²) in [4.78, 5) is 19.3. The molecule has 1 fully saturated rings. The normalized spacial score (nSPS) is 15.5. The number of pyridine rings is 1. The SMILES string of the molecule is Cc1cc(C)c2nc(SCC(=O)N3CCCCCC3)cc(C)c2c1. The lowest BCUT2D eigenvalue weighted by atomic mass is 10.0. The molecule has 0 spiro atoms. The number of fused-ring (bicyclic) bond motifs is 1. The van der Waals surface area contributed by atoms with Crippen molar-refractivity contribution < 1.29 is 4.79 Å². The lowest BCUT2D eigenvalue weighted by Gasteiger charge is -2.20. The Balaban J connectivity index is 1.74. The van der Waals surface area contributed by atoms with Gasteiger partial charge in [0.25, 0.3) is 0 Å². The zero-order valence-corrected chi connectivity index (χ0v) is 15.7. The van der Waals surface area contributed by atoms with Gasteiger partial charge < -0.3 is 4.90 Å². The van der Waals surface area contributed by atoms with Crippen LogP contribution in [0.4, 0.5) is 0 Å². The molecule has 1 aromatic carbocycles. The molecule has 3 nitrogen and oxygen atoms in total. The summed E-state index contributed by atoms with van der Waals surface area (Å²) < 4.78 is 0. The second-order valence-corrected chi connectivity index (χ2v) is 7.83. The Morgan fingerprint density at radius 2 is 1.75 bits per heavy atom. The van der Waals surface area contributed by atoms with E-state index in [9.17, 15) is 4.79 Å². The van der Waals surface area contributed by atoms with E-state index in [4.69, 9.17) is 4.98 Å². The molecule has 4 heteroatoms. The summed E-state index contributed by atoms with van der Waals surface area (Å²) in [6, 6.07) is 6.48. The maximum absolute atomic E-state index is 12.5. The van der Waals surface area contributed by atoms with E-state index in [1.165, 1.54) is 34.9 Å². The van der Waals surface area contributed by atoms with Crippen LogP contribution in [-0.4, -0.2) is 34.6 Å². The Labute approximate surface area is 148 Å². The Bertz CT molecular complexity index is 749. The summed E-state index contributed by atoms with van der Waals surface area (Å²) >= 11 is 1.57. The van der Waals surface area contributed by atoms with Gasteiger partial charge in [0.2, 0.25) is 5.91 Å². The third kappa shape index (κ3) is 3.92. The molecule has 128 valence electrons. The molecule has 0 N–H and O–H groups in total. The number of hydrogen-bond donors (Lipinski definition) is 0. The van der Waals surface area contributed by atoms with E-state index < -0.39 is 0 Å². The zero-order valence-electron chi connectivity index (χ0n) is 14.9. The molecule has 0 aliphatic carbocycles. The van der Waals surface area contributed by atoms with Crippen LogP contribution in [-0.2, 0) is 4.79 Å². The van der Waals surface area contributed by atoms with Gasteiger partial charge in [0.15, 0.2) is 0 Å². The summed E-state index contributed by atoms with van der Waals surface area (Å²) in [6.07, 6.45) is 4.78. The Morgan fingerprint density at radius 1 is 1.04 bits per heavy atom. The number of likely N-dealkylation sites (tertiary alicyclic amines) is 1. The van der Waals surface area contributed by atoms with Crippen molar-refractivity contribution in [1.82, 2.24) is 9.88 Å². The largest absolute Gasteiger partial charge is 0.342 e. The average Bonchev–Trinajstić information content (AvgIpc) is 2.83. The van der Waals surface area contributed by atoms with Gasteiger partial charge >= 0.3 is 0 Å². The van der Waals surface area contributed by atoms with Crippen LogP contribution in [0, 0.1) is 20.8 Å². The van der Waals surface area contributed by atoms with Gasteiger partial charge in [-0.1, -0.05) is 36.2 Å². The van der Waals surface area contributed by atoms with Crippen molar-refractivity contribution in [3.05, 3.63) is 34.9 Å². The number of carbonyl (C=O) groups is 1. The summed E-state index contributed by atoms with van der Waals surface area (Å²) in [6.45, 7) is 8.19. The number of benzene rings is 1. The maximum atomic E-state index is 12.5. The first-order valence-corrected chi connectivity index (χ1v) is 9.82. The van der Waals surface area contributed by atoms with Gasteiger partial charge in [-0.2, -0.15) is 0 Å². The molecule has 0 radical (unpaired) electrons. The van der Waals surface area contributed by atoms with Gasteiger partial charge in [-0.05, 0) is 56.9 Å². The predicted octanol–water partition coefficient (Wildman–Crippen LogP) is 4.65.